The van der Waals surface area contributed by atoms with Crippen molar-refractivity contribution in [1.29, 1.82) is 0 Å². The van der Waals surface area contributed by atoms with Gasteiger partial charge in [0.1, 0.15) is 16.5 Å². The van der Waals surface area contributed by atoms with E-state index in [9.17, 15) is 14.9 Å². The van der Waals surface area contributed by atoms with Crippen LogP contribution in [0.4, 0.5) is 5.69 Å². The summed E-state index contributed by atoms with van der Waals surface area (Å²) in [5.41, 5.74) is 2.76. The Morgan fingerprint density at radius 1 is 1.12 bits per heavy atom. The molecule has 0 atom stereocenters. The molecule has 0 amide bonds. The number of rotatable bonds is 3. The average molecular weight is 366 g/mol. The first-order chi connectivity index (χ1) is 12.5. The number of allylic oxidation sites excluding steroid dienone is 1. The Labute approximate surface area is 153 Å². The second-order valence-corrected chi connectivity index (χ2v) is 6.37. The number of ketones is 1. The Hall–Kier alpha value is -3.18. The molecule has 4 rings (SSSR count). The van der Waals surface area contributed by atoms with Gasteiger partial charge in [-0.05, 0) is 35.9 Å². The summed E-state index contributed by atoms with van der Waals surface area (Å²) in [6.07, 6.45) is 2.29. The highest BCUT2D eigenvalue weighted by atomic mass is 35.5. The molecule has 0 saturated heterocycles. The Morgan fingerprint density at radius 3 is 2.69 bits per heavy atom. The van der Waals surface area contributed by atoms with Crippen LogP contribution in [-0.2, 0) is 6.42 Å². The van der Waals surface area contributed by atoms with Gasteiger partial charge in [0.2, 0.25) is 0 Å². The molecule has 0 fully saturated rings. The fourth-order valence-corrected chi connectivity index (χ4v) is 3.22. The van der Waals surface area contributed by atoms with Crippen LogP contribution in [0.2, 0.25) is 5.02 Å². The average Bonchev–Trinajstić information content (AvgIpc) is 3.21. The third-order valence-electron chi connectivity index (χ3n) is 4.31. The van der Waals surface area contributed by atoms with Crippen LogP contribution in [-0.4, -0.2) is 10.7 Å². The number of Topliss-reactive ketones (excluding diaryl/α,β-unsaturated/α-hetero) is 1. The molecule has 3 aromatic rings. The zero-order valence-corrected chi connectivity index (χ0v) is 14.2. The lowest BCUT2D eigenvalue weighted by molar-refractivity contribution is -0.384. The van der Waals surface area contributed by atoms with Crippen molar-refractivity contribution < 1.29 is 14.1 Å². The lowest BCUT2D eigenvalue weighted by atomic mass is 10.1. The van der Waals surface area contributed by atoms with Crippen molar-refractivity contribution in [3.63, 3.8) is 0 Å². The third kappa shape index (κ3) is 2.82. The van der Waals surface area contributed by atoms with Crippen molar-refractivity contribution >= 4 is 29.1 Å². The molecule has 0 saturated carbocycles. The number of furan rings is 1. The maximum atomic E-state index is 12.4. The van der Waals surface area contributed by atoms with E-state index < -0.39 is 4.92 Å². The Balaban J connectivity index is 1.65. The van der Waals surface area contributed by atoms with Gasteiger partial charge in [-0.2, -0.15) is 0 Å². The Morgan fingerprint density at radius 2 is 1.92 bits per heavy atom. The van der Waals surface area contributed by atoms with Crippen molar-refractivity contribution in [2.45, 2.75) is 6.42 Å². The van der Waals surface area contributed by atoms with Gasteiger partial charge in [-0.1, -0.05) is 35.9 Å². The summed E-state index contributed by atoms with van der Waals surface area (Å²) in [5.74, 6) is 0.994. The summed E-state index contributed by atoms with van der Waals surface area (Å²) in [6.45, 7) is 0. The fourth-order valence-electron chi connectivity index (χ4n) is 3.03. The van der Waals surface area contributed by atoms with Crippen LogP contribution < -0.4 is 0 Å². The molecule has 1 aromatic heterocycles. The minimum atomic E-state index is -0.536. The monoisotopic (exact) mass is 365 g/mol. The van der Waals surface area contributed by atoms with Crippen LogP contribution in [0.3, 0.4) is 0 Å². The summed E-state index contributed by atoms with van der Waals surface area (Å²) in [7, 11) is 0. The number of hydrogen-bond acceptors (Lipinski definition) is 4. The number of benzene rings is 2. The zero-order valence-electron chi connectivity index (χ0n) is 13.4. The van der Waals surface area contributed by atoms with E-state index in [1.807, 2.05) is 24.3 Å². The molecule has 128 valence electrons. The molecule has 26 heavy (non-hydrogen) atoms. The lowest BCUT2D eigenvalue weighted by Gasteiger charge is -1.99. The molecule has 1 aliphatic rings. The second-order valence-electron chi connectivity index (χ2n) is 5.96. The van der Waals surface area contributed by atoms with Crippen molar-refractivity contribution in [3.05, 3.63) is 92.2 Å². The second kappa shape index (κ2) is 6.28. The molecule has 1 aliphatic carbocycles. The van der Waals surface area contributed by atoms with E-state index >= 15 is 0 Å². The smallest absolute Gasteiger partial charge is 0.288 e. The minimum absolute atomic E-state index is 0.000630. The lowest BCUT2D eigenvalue weighted by Crippen LogP contribution is -1.94. The molecule has 0 bridgehead atoms. The predicted molar refractivity (Wildman–Crippen MR) is 98.3 cm³/mol. The Kier molecular flexibility index (Phi) is 3.93. The van der Waals surface area contributed by atoms with Crippen LogP contribution in [0, 0.1) is 10.1 Å². The molecule has 0 radical (unpaired) electrons. The molecular formula is C20H12ClNO4. The van der Waals surface area contributed by atoms with Crippen molar-refractivity contribution in [2.24, 2.45) is 0 Å². The molecule has 0 N–H and O–H groups in total. The van der Waals surface area contributed by atoms with Crippen LogP contribution in [0.1, 0.15) is 21.7 Å². The van der Waals surface area contributed by atoms with E-state index in [0.717, 1.165) is 11.1 Å². The van der Waals surface area contributed by atoms with Crippen molar-refractivity contribution in [2.75, 3.05) is 0 Å². The largest absolute Gasteiger partial charge is 0.457 e. The van der Waals surface area contributed by atoms with Gasteiger partial charge in [-0.15, -0.1) is 0 Å². The van der Waals surface area contributed by atoms with E-state index in [0.29, 0.717) is 29.1 Å². The SMILES string of the molecule is O=C1/C(=C/c2ccc(-c3ccc(Cl)c([N+](=O)[O-])c3)o2)Cc2ccccc21. The van der Waals surface area contributed by atoms with E-state index in [1.165, 1.54) is 12.1 Å². The molecule has 5 nitrogen and oxygen atoms in total. The molecule has 6 heteroatoms. The number of halogens is 1. The van der Waals surface area contributed by atoms with Gasteiger partial charge in [0.15, 0.2) is 5.78 Å². The first-order valence-corrected chi connectivity index (χ1v) is 8.28. The number of nitrogens with zero attached hydrogens (tertiary/aromatic N) is 1. The number of nitro benzene ring substituents is 1. The van der Waals surface area contributed by atoms with Gasteiger partial charge in [-0.3, -0.25) is 14.9 Å². The summed E-state index contributed by atoms with van der Waals surface area (Å²) >= 11 is 5.84. The summed E-state index contributed by atoms with van der Waals surface area (Å²) in [4.78, 5) is 22.9. The summed E-state index contributed by atoms with van der Waals surface area (Å²) in [5, 5.41) is 11.1. The molecule has 1 heterocycles. The maximum absolute atomic E-state index is 12.4. The highest BCUT2D eigenvalue weighted by Gasteiger charge is 2.24. The summed E-state index contributed by atoms with van der Waals surface area (Å²) in [6, 6.07) is 15.5. The topological polar surface area (TPSA) is 73.3 Å². The van der Waals surface area contributed by atoms with E-state index in [1.54, 1.807) is 24.3 Å². The predicted octanol–water partition coefficient (Wildman–Crippen LogP) is 5.33. The van der Waals surface area contributed by atoms with Crippen LogP contribution in [0.25, 0.3) is 17.4 Å². The van der Waals surface area contributed by atoms with Crippen molar-refractivity contribution in [1.82, 2.24) is 0 Å². The quantitative estimate of drug-likeness (QED) is 0.357. The number of fused-ring (bicyclic) bond motifs is 1. The standard InChI is InChI=1S/C20H12ClNO4/c21-17-7-5-13(11-18(17)22(24)25)19-8-6-15(26-19)10-14-9-12-3-1-2-4-16(12)20(14)23/h1-8,10-11H,9H2/b14-10+. The first-order valence-electron chi connectivity index (χ1n) is 7.90. The molecule has 0 unspecified atom stereocenters. The first kappa shape index (κ1) is 16.3. The van der Waals surface area contributed by atoms with E-state index in [-0.39, 0.29) is 16.5 Å². The molecule has 0 aliphatic heterocycles. The number of carbonyl (C=O) groups excluding carboxylic acids is 1. The van der Waals surface area contributed by atoms with Gasteiger partial charge < -0.3 is 4.42 Å². The highest BCUT2D eigenvalue weighted by Crippen LogP contribution is 2.32. The molecule has 2 aromatic carbocycles. The zero-order chi connectivity index (χ0) is 18.3. The molecule has 0 spiro atoms. The fraction of sp³-hybridized carbons (Fsp3) is 0.0500. The molecular weight excluding hydrogens is 354 g/mol. The van der Waals surface area contributed by atoms with Gasteiger partial charge in [-0.25, -0.2) is 0 Å². The normalized spacial score (nSPS) is 14.7. The van der Waals surface area contributed by atoms with Gasteiger partial charge in [0, 0.05) is 29.2 Å². The summed E-state index contributed by atoms with van der Waals surface area (Å²) < 4.78 is 5.76. The number of nitro groups is 1. The number of carbonyl (C=O) groups is 1. The van der Waals surface area contributed by atoms with Gasteiger partial charge in [0.25, 0.3) is 5.69 Å². The van der Waals surface area contributed by atoms with Crippen LogP contribution in [0.5, 0.6) is 0 Å². The minimum Gasteiger partial charge on any atom is -0.457 e. The van der Waals surface area contributed by atoms with Crippen LogP contribution >= 0.6 is 11.6 Å². The van der Waals surface area contributed by atoms with E-state index in [4.69, 9.17) is 16.0 Å². The maximum Gasteiger partial charge on any atom is 0.288 e. The van der Waals surface area contributed by atoms with E-state index in [2.05, 4.69) is 0 Å². The third-order valence-corrected chi connectivity index (χ3v) is 4.62. The highest BCUT2D eigenvalue weighted by molar-refractivity contribution is 6.32. The number of hydrogen-bond donors (Lipinski definition) is 0. The van der Waals surface area contributed by atoms with Crippen LogP contribution in [0.15, 0.2) is 64.6 Å². The van der Waals surface area contributed by atoms with Gasteiger partial charge in [0.05, 0.1) is 4.92 Å². The van der Waals surface area contributed by atoms with Crippen molar-refractivity contribution in [3.8, 4) is 11.3 Å². The van der Waals surface area contributed by atoms with Gasteiger partial charge >= 0.3 is 0 Å². The Bertz CT molecular complexity index is 1080.